The Morgan fingerprint density at radius 2 is 1.77 bits per heavy atom. The molecule has 0 bridgehead atoms. The number of nitrogens with one attached hydrogen (secondary N) is 1. The maximum Gasteiger partial charge on any atom is 0.495 e. The minimum atomic E-state index is -0.717. The number of carbonyl (C=O) groups excluding carboxylic acids is 1. The first-order valence-electron chi connectivity index (χ1n) is 18.3. The number of fused-ring (bicyclic) bond motifs is 5. The number of aromatic amines is 1. The van der Waals surface area contributed by atoms with Crippen LogP contribution in [-0.4, -0.2) is 56.0 Å². The first-order valence-corrected chi connectivity index (χ1v) is 19.1. The van der Waals surface area contributed by atoms with Crippen LogP contribution in [0.3, 0.4) is 0 Å². The molecule has 1 N–H and O–H groups in total. The van der Waals surface area contributed by atoms with Crippen molar-refractivity contribution in [3.05, 3.63) is 76.1 Å². The van der Waals surface area contributed by atoms with E-state index in [1.165, 1.54) is 23.8 Å². The second-order valence-corrected chi connectivity index (χ2v) is 17.8. The Kier molecular flexibility index (Phi) is 7.57. The van der Waals surface area contributed by atoms with Gasteiger partial charge in [0.15, 0.2) is 0 Å². The summed E-state index contributed by atoms with van der Waals surface area (Å²) >= 11 is 1.77. The van der Waals surface area contributed by atoms with Crippen molar-refractivity contribution in [1.29, 1.82) is 0 Å². The van der Waals surface area contributed by atoms with Crippen LogP contribution >= 0.6 is 11.3 Å². The number of H-pyrrole nitrogens is 1. The minimum Gasteiger partial charge on any atom is -0.464 e. The molecule has 3 fully saturated rings. The largest absolute Gasteiger partial charge is 0.495 e. The number of aromatic nitrogens is 3. The first kappa shape index (κ1) is 33.7. The molecule has 4 aliphatic rings. The van der Waals surface area contributed by atoms with Gasteiger partial charge in [-0.1, -0.05) is 6.07 Å². The molecule has 12 heteroatoms. The molecule has 2 saturated heterocycles. The number of hydrogen-bond donors (Lipinski definition) is 1. The number of hydrogen-bond acceptors (Lipinski definition) is 7. The molecule has 3 aliphatic heterocycles. The zero-order valence-corrected chi connectivity index (χ0v) is 31.5. The summed E-state index contributed by atoms with van der Waals surface area (Å²) in [6, 6.07) is 15.9. The van der Waals surface area contributed by atoms with Crippen LogP contribution in [-0.2, 0) is 14.0 Å². The van der Waals surface area contributed by atoms with Crippen molar-refractivity contribution >= 4 is 40.9 Å². The van der Waals surface area contributed by atoms with Crippen LogP contribution < -0.4 is 10.2 Å². The van der Waals surface area contributed by atoms with Gasteiger partial charge in [-0.05, 0) is 128 Å². The summed E-state index contributed by atoms with van der Waals surface area (Å²) in [5, 5.41) is 0.953. The highest BCUT2D eigenvalue weighted by atomic mass is 32.1. The lowest BCUT2D eigenvalue weighted by Gasteiger charge is -2.32. The first-order chi connectivity index (χ1) is 24.7. The number of benzene rings is 2. The van der Waals surface area contributed by atoms with Crippen LogP contribution in [0.4, 0.5) is 9.18 Å². The molecule has 1 saturated carbocycles. The fraction of sp³-hybridized carbons (Fsp3) is 0.450. The maximum atomic E-state index is 16.4. The fourth-order valence-corrected chi connectivity index (χ4v) is 8.80. The number of amides is 1. The Bertz CT molecular complexity index is 2210. The van der Waals surface area contributed by atoms with Gasteiger partial charge in [0.1, 0.15) is 23.0 Å². The van der Waals surface area contributed by atoms with E-state index in [4.69, 9.17) is 23.8 Å². The number of thiophene rings is 1. The Labute approximate surface area is 307 Å². The van der Waals surface area contributed by atoms with Gasteiger partial charge in [-0.25, -0.2) is 14.2 Å². The SMILES string of the molecule is CC(C)(C)OC(=O)N1CCC[C@H]1c1ncc(-c2ccc3c(c2)cc2n3C(c3ccc(C4CC4)s3)Oc3cc(B4OC(C)(C)C(C)(C)O4)cc(F)c3-2)[nH]1. The van der Waals surface area contributed by atoms with E-state index in [-0.39, 0.29) is 18.0 Å². The quantitative estimate of drug-likeness (QED) is 0.182. The summed E-state index contributed by atoms with van der Waals surface area (Å²) in [6.07, 6.45) is 5.15. The van der Waals surface area contributed by atoms with Crippen molar-refractivity contribution in [2.24, 2.45) is 0 Å². The van der Waals surface area contributed by atoms with Gasteiger partial charge in [-0.15, -0.1) is 11.3 Å². The van der Waals surface area contributed by atoms with Gasteiger partial charge in [-0.3, -0.25) is 9.47 Å². The minimum absolute atomic E-state index is 0.181. The van der Waals surface area contributed by atoms with Gasteiger partial charge in [-0.2, -0.15) is 0 Å². The topological polar surface area (TPSA) is 90.8 Å². The molecule has 6 heterocycles. The van der Waals surface area contributed by atoms with E-state index < -0.39 is 30.1 Å². The van der Waals surface area contributed by atoms with Gasteiger partial charge in [0.05, 0.1) is 50.8 Å². The predicted octanol–water partition coefficient (Wildman–Crippen LogP) is 9.09. The van der Waals surface area contributed by atoms with Crippen molar-refractivity contribution in [3.8, 4) is 28.3 Å². The number of likely N-dealkylation sites (tertiary alicyclic amines) is 1. The maximum absolute atomic E-state index is 16.4. The zero-order valence-electron chi connectivity index (χ0n) is 30.7. The Hall–Kier alpha value is -4.13. The summed E-state index contributed by atoms with van der Waals surface area (Å²) in [5.74, 6) is 1.43. The van der Waals surface area contributed by atoms with E-state index >= 15 is 4.39 Å². The summed E-state index contributed by atoms with van der Waals surface area (Å²) in [7, 11) is -0.717. The molecule has 2 aromatic carbocycles. The Morgan fingerprint density at radius 3 is 2.50 bits per heavy atom. The van der Waals surface area contributed by atoms with E-state index in [0.717, 1.165) is 51.4 Å². The lowest BCUT2D eigenvalue weighted by molar-refractivity contribution is 0.00578. The van der Waals surface area contributed by atoms with Crippen molar-refractivity contribution in [3.63, 3.8) is 0 Å². The average Bonchev–Trinajstić information content (AvgIpc) is 3.53. The van der Waals surface area contributed by atoms with Crippen molar-refractivity contribution in [1.82, 2.24) is 19.4 Å². The van der Waals surface area contributed by atoms with E-state index in [1.807, 2.05) is 60.7 Å². The van der Waals surface area contributed by atoms with Gasteiger partial charge in [0.25, 0.3) is 0 Å². The third-order valence-corrected chi connectivity index (χ3v) is 12.4. The van der Waals surface area contributed by atoms with Gasteiger partial charge in [0.2, 0.25) is 6.23 Å². The third-order valence-electron chi connectivity index (χ3n) is 11.1. The molecule has 1 aliphatic carbocycles. The summed E-state index contributed by atoms with van der Waals surface area (Å²) < 4.78 is 43.7. The zero-order chi connectivity index (χ0) is 36.3. The Balaban J connectivity index is 1.10. The molecule has 5 aromatic rings. The molecule has 1 unspecified atom stereocenters. The normalized spacial score (nSPS) is 22.1. The molecule has 0 spiro atoms. The summed E-state index contributed by atoms with van der Waals surface area (Å²) in [5.41, 5.74) is 2.80. The van der Waals surface area contributed by atoms with Gasteiger partial charge >= 0.3 is 13.2 Å². The van der Waals surface area contributed by atoms with Crippen LogP contribution in [0.1, 0.15) is 108 Å². The highest BCUT2D eigenvalue weighted by Gasteiger charge is 2.52. The van der Waals surface area contributed by atoms with Crippen LogP contribution in [0.2, 0.25) is 0 Å². The van der Waals surface area contributed by atoms with Gasteiger partial charge < -0.3 is 23.8 Å². The lowest BCUT2D eigenvalue weighted by Crippen LogP contribution is -2.41. The molecule has 1 amide bonds. The average molecular weight is 723 g/mol. The molecule has 270 valence electrons. The van der Waals surface area contributed by atoms with E-state index in [0.29, 0.717) is 29.2 Å². The van der Waals surface area contributed by atoms with Crippen molar-refractivity contribution in [2.45, 2.75) is 109 Å². The molecule has 3 aromatic heterocycles. The van der Waals surface area contributed by atoms with Crippen LogP contribution in [0.15, 0.2) is 54.7 Å². The fourth-order valence-electron chi connectivity index (χ4n) is 7.60. The van der Waals surface area contributed by atoms with Crippen LogP contribution in [0.5, 0.6) is 5.75 Å². The Morgan fingerprint density at radius 1 is 1.02 bits per heavy atom. The van der Waals surface area contributed by atoms with E-state index in [9.17, 15) is 4.79 Å². The van der Waals surface area contributed by atoms with Gasteiger partial charge in [0, 0.05) is 22.4 Å². The van der Waals surface area contributed by atoms with Crippen molar-refractivity contribution in [2.75, 3.05) is 6.54 Å². The standard InChI is InChI=1S/C40H44BFN4O5S/c1-38(2,3)49-37(47)45-16-8-9-29(45)35-43-21-27(44-35)23-12-13-28-24(17-23)18-30-34-26(42)19-25(41-50-39(4,5)40(6,7)51-41)20-31(34)48-36(46(28)30)33-15-14-32(52-33)22-10-11-22/h12-15,17-22,29,36H,8-11,16H2,1-7H3,(H,43,44)/t29-,36?/m0/s1. The number of carbonyl (C=O) groups is 1. The highest BCUT2D eigenvalue weighted by Crippen LogP contribution is 2.49. The number of halogens is 1. The highest BCUT2D eigenvalue weighted by molar-refractivity contribution is 7.12. The molecule has 2 atom stereocenters. The predicted molar refractivity (Wildman–Crippen MR) is 201 cm³/mol. The third kappa shape index (κ3) is 5.65. The molecule has 9 rings (SSSR count). The van der Waals surface area contributed by atoms with E-state index in [1.54, 1.807) is 16.2 Å². The number of rotatable bonds is 5. The van der Waals surface area contributed by atoms with Crippen LogP contribution in [0.25, 0.3) is 33.4 Å². The monoisotopic (exact) mass is 722 g/mol. The van der Waals surface area contributed by atoms with Crippen LogP contribution in [0, 0.1) is 5.82 Å². The molecular formula is C40H44BFN4O5S. The van der Waals surface area contributed by atoms with E-state index in [2.05, 4.69) is 45.9 Å². The molecule has 52 heavy (non-hydrogen) atoms. The lowest BCUT2D eigenvalue weighted by atomic mass is 9.78. The second kappa shape index (κ2) is 11.7. The number of imidazole rings is 1. The smallest absolute Gasteiger partial charge is 0.464 e. The molecule has 0 radical (unpaired) electrons. The molecule has 9 nitrogen and oxygen atoms in total. The summed E-state index contributed by atoms with van der Waals surface area (Å²) in [6.45, 7) is 14.2. The molecular weight excluding hydrogens is 678 g/mol. The number of ether oxygens (including phenoxy) is 2. The van der Waals surface area contributed by atoms with Crippen molar-refractivity contribution < 1.29 is 28.0 Å². The second-order valence-electron chi connectivity index (χ2n) is 16.6. The summed E-state index contributed by atoms with van der Waals surface area (Å²) in [4.78, 5) is 25.4. The number of nitrogens with zero attached hydrogens (tertiary/aromatic N) is 3.